The van der Waals surface area contributed by atoms with Crippen molar-refractivity contribution in [3.63, 3.8) is 0 Å². The third-order valence-electron chi connectivity index (χ3n) is 2.95. The topological polar surface area (TPSA) is 40.7 Å². The molecule has 14 heavy (non-hydrogen) atoms. The molecule has 1 unspecified atom stereocenters. The first-order valence-corrected chi connectivity index (χ1v) is 5.39. The first-order chi connectivity index (χ1) is 6.62. The maximum Gasteiger partial charge on any atom is 0.0926 e. The number of nitrogens with zero attached hydrogens (tertiary/aromatic N) is 1. The first kappa shape index (κ1) is 9.71. The molecule has 0 fully saturated rings. The van der Waals surface area contributed by atoms with Crippen molar-refractivity contribution in [1.29, 1.82) is 0 Å². The predicted molar refractivity (Wildman–Crippen MR) is 57.1 cm³/mol. The largest absolute Gasteiger partial charge is 0.348 e. The normalized spacial score (nSPS) is 26.6. The van der Waals surface area contributed by atoms with Gasteiger partial charge in [-0.15, -0.1) is 0 Å². The Morgan fingerprint density at radius 2 is 2.36 bits per heavy atom. The molecule has 3 heteroatoms. The van der Waals surface area contributed by atoms with Crippen molar-refractivity contribution < 1.29 is 0 Å². The highest BCUT2D eigenvalue weighted by atomic mass is 15.1. The van der Waals surface area contributed by atoms with E-state index in [-0.39, 0.29) is 5.54 Å². The minimum Gasteiger partial charge on any atom is -0.348 e. The van der Waals surface area contributed by atoms with E-state index in [9.17, 15) is 0 Å². The van der Waals surface area contributed by atoms with Crippen LogP contribution in [0.2, 0.25) is 0 Å². The summed E-state index contributed by atoms with van der Waals surface area (Å²) in [6, 6.07) is 0. The zero-order valence-electron chi connectivity index (χ0n) is 9.22. The van der Waals surface area contributed by atoms with Gasteiger partial charge < -0.3 is 10.3 Å². The Bertz CT molecular complexity index is 316. The summed E-state index contributed by atoms with van der Waals surface area (Å²) >= 11 is 0. The summed E-state index contributed by atoms with van der Waals surface area (Å²) in [5, 5.41) is 3.59. The van der Waals surface area contributed by atoms with Crippen LogP contribution in [0.1, 0.15) is 38.6 Å². The molecule has 0 saturated heterocycles. The lowest BCUT2D eigenvalue weighted by atomic mass is 9.84. The van der Waals surface area contributed by atoms with Crippen LogP contribution in [0.15, 0.2) is 6.33 Å². The average Bonchev–Trinajstić information content (AvgIpc) is 2.51. The van der Waals surface area contributed by atoms with Crippen LogP contribution in [-0.4, -0.2) is 16.5 Å². The van der Waals surface area contributed by atoms with E-state index in [4.69, 9.17) is 0 Å². The van der Waals surface area contributed by atoms with Crippen molar-refractivity contribution in [2.45, 2.75) is 39.2 Å². The van der Waals surface area contributed by atoms with Crippen molar-refractivity contribution in [2.24, 2.45) is 5.92 Å². The van der Waals surface area contributed by atoms with Crippen LogP contribution in [0.25, 0.3) is 0 Å². The van der Waals surface area contributed by atoms with Crippen LogP contribution < -0.4 is 5.32 Å². The molecule has 1 aliphatic heterocycles. The van der Waals surface area contributed by atoms with Gasteiger partial charge in [-0.05, 0) is 19.3 Å². The third-order valence-corrected chi connectivity index (χ3v) is 2.95. The van der Waals surface area contributed by atoms with E-state index in [1.165, 1.54) is 11.4 Å². The van der Waals surface area contributed by atoms with E-state index in [0.29, 0.717) is 5.92 Å². The summed E-state index contributed by atoms with van der Waals surface area (Å²) in [7, 11) is 0. The van der Waals surface area contributed by atoms with Gasteiger partial charge in [0.15, 0.2) is 0 Å². The molecular weight excluding hydrogens is 174 g/mol. The summed E-state index contributed by atoms with van der Waals surface area (Å²) in [6.07, 6.45) is 4.03. The zero-order valence-corrected chi connectivity index (χ0v) is 9.22. The molecule has 0 aromatic carbocycles. The standard InChI is InChI=1S/C11H19N3/c1-8(2)6-11(3)10-9(4-5-14-11)12-7-13-10/h7-8,14H,4-6H2,1-3H3,(H,12,13). The van der Waals surface area contributed by atoms with Gasteiger partial charge in [-0.1, -0.05) is 13.8 Å². The molecule has 0 aliphatic carbocycles. The van der Waals surface area contributed by atoms with Gasteiger partial charge >= 0.3 is 0 Å². The number of aromatic amines is 1. The molecule has 0 spiro atoms. The number of imidazole rings is 1. The molecule has 78 valence electrons. The molecule has 0 bridgehead atoms. The minimum atomic E-state index is 0.0712. The molecule has 0 radical (unpaired) electrons. The van der Waals surface area contributed by atoms with Crippen molar-refractivity contribution in [3.8, 4) is 0 Å². The summed E-state index contributed by atoms with van der Waals surface area (Å²) in [6.45, 7) is 7.83. The number of H-pyrrole nitrogens is 1. The van der Waals surface area contributed by atoms with E-state index >= 15 is 0 Å². The minimum absolute atomic E-state index is 0.0712. The van der Waals surface area contributed by atoms with Gasteiger partial charge in [-0.3, -0.25) is 0 Å². The third kappa shape index (κ3) is 1.57. The van der Waals surface area contributed by atoms with Crippen LogP contribution >= 0.6 is 0 Å². The number of hydrogen-bond donors (Lipinski definition) is 2. The van der Waals surface area contributed by atoms with E-state index in [1.54, 1.807) is 0 Å². The molecule has 0 amide bonds. The Balaban J connectivity index is 2.30. The van der Waals surface area contributed by atoms with Crippen LogP contribution in [0, 0.1) is 5.92 Å². The second kappa shape index (κ2) is 3.39. The van der Waals surface area contributed by atoms with Gasteiger partial charge in [0.05, 0.1) is 17.6 Å². The van der Waals surface area contributed by atoms with Crippen LogP contribution in [0.5, 0.6) is 0 Å². The lowest BCUT2D eigenvalue weighted by Crippen LogP contribution is -2.46. The fourth-order valence-corrected chi connectivity index (χ4v) is 2.52. The molecule has 2 rings (SSSR count). The zero-order chi connectivity index (χ0) is 10.2. The number of nitrogens with one attached hydrogen (secondary N) is 2. The predicted octanol–water partition coefficient (Wildman–Crippen LogP) is 1.82. The molecule has 1 aromatic heterocycles. The highest BCUT2D eigenvalue weighted by Gasteiger charge is 2.34. The maximum atomic E-state index is 4.44. The van der Waals surface area contributed by atoms with Gasteiger partial charge in [0, 0.05) is 18.7 Å². The summed E-state index contributed by atoms with van der Waals surface area (Å²) in [5.74, 6) is 0.690. The molecule has 1 aliphatic rings. The maximum absolute atomic E-state index is 4.44. The number of aromatic nitrogens is 2. The van der Waals surface area contributed by atoms with E-state index < -0.39 is 0 Å². The van der Waals surface area contributed by atoms with Crippen molar-refractivity contribution >= 4 is 0 Å². The van der Waals surface area contributed by atoms with Crippen molar-refractivity contribution in [3.05, 3.63) is 17.7 Å². The fraction of sp³-hybridized carbons (Fsp3) is 0.727. The van der Waals surface area contributed by atoms with Crippen molar-refractivity contribution in [1.82, 2.24) is 15.3 Å². The molecule has 2 N–H and O–H groups in total. The summed E-state index contributed by atoms with van der Waals surface area (Å²) < 4.78 is 0. The first-order valence-electron chi connectivity index (χ1n) is 5.39. The highest BCUT2D eigenvalue weighted by Crippen LogP contribution is 2.31. The second-order valence-electron chi connectivity index (χ2n) is 4.84. The smallest absolute Gasteiger partial charge is 0.0926 e. The molecule has 1 atom stereocenters. The molecule has 3 nitrogen and oxygen atoms in total. The summed E-state index contributed by atoms with van der Waals surface area (Å²) in [5.41, 5.74) is 2.60. The van der Waals surface area contributed by atoms with Crippen LogP contribution in [-0.2, 0) is 12.0 Å². The molecular formula is C11H19N3. The average molecular weight is 193 g/mol. The quantitative estimate of drug-likeness (QED) is 0.752. The van der Waals surface area contributed by atoms with Gasteiger partial charge in [-0.2, -0.15) is 0 Å². The Hall–Kier alpha value is -0.830. The van der Waals surface area contributed by atoms with Crippen LogP contribution in [0.3, 0.4) is 0 Å². The SMILES string of the molecule is CC(C)CC1(C)NCCc2[nH]cnc21. The monoisotopic (exact) mass is 193 g/mol. The van der Waals surface area contributed by atoms with Gasteiger partial charge in [0.25, 0.3) is 0 Å². The van der Waals surface area contributed by atoms with Crippen molar-refractivity contribution in [2.75, 3.05) is 6.54 Å². The van der Waals surface area contributed by atoms with E-state index in [0.717, 1.165) is 19.4 Å². The lowest BCUT2D eigenvalue weighted by Gasteiger charge is -2.35. The Morgan fingerprint density at radius 3 is 3.07 bits per heavy atom. The highest BCUT2D eigenvalue weighted by molar-refractivity contribution is 5.24. The van der Waals surface area contributed by atoms with Gasteiger partial charge in [0.1, 0.15) is 0 Å². The van der Waals surface area contributed by atoms with E-state index in [2.05, 4.69) is 36.1 Å². The fourth-order valence-electron chi connectivity index (χ4n) is 2.52. The molecule has 0 saturated carbocycles. The number of rotatable bonds is 2. The Morgan fingerprint density at radius 1 is 1.57 bits per heavy atom. The van der Waals surface area contributed by atoms with Gasteiger partial charge in [0.2, 0.25) is 0 Å². The van der Waals surface area contributed by atoms with Crippen LogP contribution in [0.4, 0.5) is 0 Å². The summed E-state index contributed by atoms with van der Waals surface area (Å²) in [4.78, 5) is 7.68. The lowest BCUT2D eigenvalue weighted by molar-refractivity contribution is 0.277. The van der Waals surface area contributed by atoms with Gasteiger partial charge in [-0.25, -0.2) is 4.98 Å². The number of fused-ring (bicyclic) bond motifs is 1. The molecule has 2 heterocycles. The second-order valence-corrected chi connectivity index (χ2v) is 4.84. The Kier molecular flexibility index (Phi) is 2.35. The molecule has 1 aromatic rings. The van der Waals surface area contributed by atoms with E-state index in [1.807, 2.05) is 6.33 Å². The number of hydrogen-bond acceptors (Lipinski definition) is 2. The Labute approximate surface area is 85.3 Å².